The van der Waals surface area contributed by atoms with Crippen LogP contribution in [-0.4, -0.2) is 18.5 Å². The minimum absolute atomic E-state index is 0.130. The zero-order valence-electron chi connectivity index (χ0n) is 24.0. The maximum absolute atomic E-state index is 10.7. The first kappa shape index (κ1) is 30.3. The highest BCUT2D eigenvalue weighted by Crippen LogP contribution is 2.50. The van der Waals surface area contributed by atoms with Gasteiger partial charge in [-0.25, -0.2) is 0 Å². The van der Waals surface area contributed by atoms with Gasteiger partial charge < -0.3 is 0 Å². The molecule has 0 bridgehead atoms. The molecule has 5 aromatic carbocycles. The third-order valence-electron chi connectivity index (χ3n) is 7.59. The summed E-state index contributed by atoms with van der Waals surface area (Å²) in [6.07, 6.45) is 0.969. The van der Waals surface area contributed by atoms with Crippen LogP contribution in [0.1, 0.15) is 37.5 Å². The summed E-state index contributed by atoms with van der Waals surface area (Å²) in [4.78, 5) is 0. The SMILES string of the molecule is CC(C)(C)c1ccc(-c2c3c(cc(-c4ccccc4)c2-c2ccccc2)-c2ccccc2C3)cc1.O=S(=O)(O)C(F)(F)F. The molecule has 0 heterocycles. The summed E-state index contributed by atoms with van der Waals surface area (Å²) in [5, 5.41) is 0. The van der Waals surface area contributed by atoms with Gasteiger partial charge in [0.05, 0.1) is 0 Å². The lowest BCUT2D eigenvalue weighted by molar-refractivity contribution is -0.0510. The molecular weight excluding hydrogens is 569 g/mol. The first-order chi connectivity index (χ1) is 20.3. The van der Waals surface area contributed by atoms with Crippen molar-refractivity contribution < 1.29 is 26.1 Å². The van der Waals surface area contributed by atoms with E-state index in [-0.39, 0.29) is 5.41 Å². The van der Waals surface area contributed by atoms with Gasteiger partial charge in [-0.2, -0.15) is 21.6 Å². The Kier molecular flexibility index (Phi) is 8.07. The van der Waals surface area contributed by atoms with Crippen LogP contribution in [0.2, 0.25) is 0 Å². The Morgan fingerprint density at radius 3 is 1.63 bits per heavy atom. The van der Waals surface area contributed by atoms with Crippen LogP contribution in [0, 0.1) is 0 Å². The van der Waals surface area contributed by atoms with E-state index < -0.39 is 15.6 Å². The van der Waals surface area contributed by atoms with Crippen LogP contribution < -0.4 is 0 Å². The predicted molar refractivity (Wildman–Crippen MR) is 167 cm³/mol. The van der Waals surface area contributed by atoms with Gasteiger partial charge in [-0.05, 0) is 79.1 Å². The second kappa shape index (κ2) is 11.5. The molecule has 1 aliphatic carbocycles. The average Bonchev–Trinajstić information content (AvgIpc) is 3.34. The average molecular weight is 601 g/mol. The van der Waals surface area contributed by atoms with Crippen molar-refractivity contribution in [2.45, 2.75) is 38.1 Å². The van der Waals surface area contributed by atoms with Crippen molar-refractivity contribution in [1.29, 1.82) is 0 Å². The second-order valence-corrected chi connectivity index (χ2v) is 12.9. The fourth-order valence-electron chi connectivity index (χ4n) is 5.48. The second-order valence-electron chi connectivity index (χ2n) is 11.5. The molecule has 0 saturated carbocycles. The van der Waals surface area contributed by atoms with Gasteiger partial charge in [-0.1, -0.05) is 130 Å². The standard InChI is InChI=1S/C35H30.CHF3O3S/c1-35(2,3)28-20-18-26(19-21-28)34-32-22-27-16-10-11-17-29(27)31(32)23-30(24-12-6-4-7-13-24)33(34)25-14-8-5-9-15-25;2-1(3,4)8(5,6)7/h4-21,23H,22H2,1-3H3;(H,5,6,7). The largest absolute Gasteiger partial charge is 0.522 e. The molecule has 0 spiro atoms. The number of benzene rings is 5. The lowest BCUT2D eigenvalue weighted by Gasteiger charge is -2.23. The molecule has 0 atom stereocenters. The first-order valence-corrected chi connectivity index (χ1v) is 15.2. The van der Waals surface area contributed by atoms with E-state index in [0.29, 0.717) is 0 Å². The monoisotopic (exact) mass is 600 g/mol. The third kappa shape index (κ3) is 6.28. The highest BCUT2D eigenvalue weighted by Gasteiger charge is 2.44. The van der Waals surface area contributed by atoms with Gasteiger partial charge in [0.25, 0.3) is 0 Å². The van der Waals surface area contributed by atoms with Crippen LogP contribution in [0.4, 0.5) is 13.2 Å². The highest BCUT2D eigenvalue weighted by atomic mass is 32.2. The molecule has 0 amide bonds. The summed E-state index contributed by atoms with van der Waals surface area (Å²) < 4.78 is 57.5. The molecular formula is C36H31F3O3S. The van der Waals surface area contributed by atoms with E-state index in [0.717, 1.165) is 6.42 Å². The van der Waals surface area contributed by atoms with E-state index in [1.165, 1.54) is 61.2 Å². The van der Waals surface area contributed by atoms with Crippen molar-refractivity contribution in [3.05, 3.63) is 132 Å². The summed E-state index contributed by atoms with van der Waals surface area (Å²) in [6.45, 7) is 6.84. The Morgan fingerprint density at radius 1 is 0.605 bits per heavy atom. The van der Waals surface area contributed by atoms with E-state index in [2.05, 4.69) is 136 Å². The molecule has 0 unspecified atom stereocenters. The third-order valence-corrected chi connectivity index (χ3v) is 8.17. The highest BCUT2D eigenvalue weighted by molar-refractivity contribution is 7.86. The van der Waals surface area contributed by atoms with E-state index in [1.807, 2.05) is 0 Å². The number of fused-ring (bicyclic) bond motifs is 3. The van der Waals surface area contributed by atoms with Gasteiger partial charge in [0, 0.05) is 0 Å². The smallest absolute Gasteiger partial charge is 0.279 e. The van der Waals surface area contributed by atoms with Gasteiger partial charge in [-0.3, -0.25) is 4.55 Å². The molecule has 5 aromatic rings. The number of rotatable bonds is 3. The quantitative estimate of drug-likeness (QED) is 0.162. The van der Waals surface area contributed by atoms with E-state index in [4.69, 9.17) is 13.0 Å². The molecule has 1 N–H and O–H groups in total. The van der Waals surface area contributed by atoms with Crippen molar-refractivity contribution in [1.82, 2.24) is 0 Å². The van der Waals surface area contributed by atoms with Crippen molar-refractivity contribution in [3.8, 4) is 44.5 Å². The Bertz CT molecular complexity index is 1860. The van der Waals surface area contributed by atoms with Crippen molar-refractivity contribution in [3.63, 3.8) is 0 Å². The van der Waals surface area contributed by atoms with Crippen molar-refractivity contribution in [2.75, 3.05) is 0 Å². The lowest BCUT2D eigenvalue weighted by atomic mass is 9.81. The Labute approximate surface area is 250 Å². The maximum atomic E-state index is 10.7. The first-order valence-electron chi connectivity index (χ1n) is 13.8. The molecule has 0 aromatic heterocycles. The van der Waals surface area contributed by atoms with Crippen LogP contribution in [-0.2, 0) is 22.0 Å². The minimum Gasteiger partial charge on any atom is -0.279 e. The Morgan fingerprint density at radius 2 is 1.09 bits per heavy atom. The molecule has 6 rings (SSSR count). The number of halogens is 3. The molecule has 0 saturated heterocycles. The van der Waals surface area contributed by atoms with Crippen LogP contribution in [0.25, 0.3) is 44.5 Å². The maximum Gasteiger partial charge on any atom is 0.522 e. The molecule has 7 heteroatoms. The van der Waals surface area contributed by atoms with Crippen LogP contribution >= 0.6 is 0 Å². The van der Waals surface area contributed by atoms with Gasteiger partial charge in [-0.15, -0.1) is 0 Å². The Balaban J connectivity index is 0.000000407. The van der Waals surface area contributed by atoms with Gasteiger partial charge >= 0.3 is 15.6 Å². The predicted octanol–water partition coefficient (Wildman–Crippen LogP) is 9.95. The zero-order chi connectivity index (χ0) is 31.0. The molecule has 43 heavy (non-hydrogen) atoms. The number of alkyl halides is 3. The summed E-state index contributed by atoms with van der Waals surface area (Å²) in [6, 6.07) is 42.4. The summed E-state index contributed by atoms with van der Waals surface area (Å²) in [7, 11) is -5.84. The normalized spacial score (nSPS) is 12.6. The topological polar surface area (TPSA) is 54.4 Å². The number of hydrogen-bond donors (Lipinski definition) is 1. The van der Waals surface area contributed by atoms with Crippen LogP contribution in [0.5, 0.6) is 0 Å². The molecule has 0 fully saturated rings. The van der Waals surface area contributed by atoms with Crippen LogP contribution in [0.3, 0.4) is 0 Å². The summed E-state index contributed by atoms with van der Waals surface area (Å²) >= 11 is 0. The van der Waals surface area contributed by atoms with Gasteiger partial charge in [0.1, 0.15) is 0 Å². The molecule has 0 aliphatic heterocycles. The summed E-state index contributed by atoms with van der Waals surface area (Å²) in [5.74, 6) is 0. The zero-order valence-corrected chi connectivity index (χ0v) is 24.8. The van der Waals surface area contributed by atoms with Gasteiger partial charge in [0.15, 0.2) is 0 Å². The summed E-state index contributed by atoms with van der Waals surface area (Å²) in [5.41, 5.74) is 9.34. The molecule has 3 nitrogen and oxygen atoms in total. The van der Waals surface area contributed by atoms with E-state index >= 15 is 0 Å². The minimum atomic E-state index is -5.84. The van der Waals surface area contributed by atoms with E-state index in [9.17, 15) is 13.2 Å². The van der Waals surface area contributed by atoms with E-state index in [1.54, 1.807) is 0 Å². The Hall–Kier alpha value is -4.20. The van der Waals surface area contributed by atoms with Gasteiger partial charge in [0.2, 0.25) is 0 Å². The molecule has 1 aliphatic rings. The molecule has 220 valence electrons. The van der Waals surface area contributed by atoms with Crippen LogP contribution in [0.15, 0.2) is 115 Å². The fourth-order valence-corrected chi connectivity index (χ4v) is 5.48. The fraction of sp³-hybridized carbons (Fsp3) is 0.167. The lowest BCUT2D eigenvalue weighted by Crippen LogP contribution is -2.21. The van der Waals surface area contributed by atoms with Crippen molar-refractivity contribution >= 4 is 10.1 Å². The number of hydrogen-bond acceptors (Lipinski definition) is 2. The molecule has 0 radical (unpaired) electrons. The van der Waals surface area contributed by atoms with Crippen molar-refractivity contribution in [2.24, 2.45) is 0 Å².